The number of nitrogens with zero attached hydrogens (tertiary/aromatic N) is 3. The fraction of sp³-hybridized carbons (Fsp3) is 0.517. The van der Waals surface area contributed by atoms with Crippen LogP contribution >= 0.6 is 0 Å². The molecule has 0 atom stereocenters. The molecule has 9 nitrogen and oxygen atoms in total. The van der Waals surface area contributed by atoms with E-state index in [0.717, 1.165) is 43.2 Å². The third-order valence-corrected chi connectivity index (χ3v) is 10.8. The lowest BCUT2D eigenvalue weighted by Gasteiger charge is -2.39. The number of likely N-dealkylation sites (tertiary alicyclic amines) is 2. The van der Waals surface area contributed by atoms with Crippen molar-refractivity contribution in [1.29, 1.82) is 0 Å². The fourth-order valence-corrected chi connectivity index (χ4v) is 8.47. The van der Waals surface area contributed by atoms with E-state index in [2.05, 4.69) is 0 Å². The zero-order chi connectivity index (χ0) is 27.9. The molecule has 2 aromatic rings. The Balaban J connectivity index is 1.32. The highest BCUT2D eigenvalue weighted by Gasteiger charge is 2.42. The SMILES string of the molecule is COc1cc(C)c(S(=O)(=O)N2CCCc3ccc(CC(=O)N4CCC5(CCN(C(=O)O)C5)CC4)cc32)c(C)c1. The fourth-order valence-electron chi connectivity index (χ4n) is 6.52. The number of ether oxygens (including phenoxy) is 1. The highest BCUT2D eigenvalue weighted by Crippen LogP contribution is 2.41. The number of sulfonamides is 1. The van der Waals surface area contributed by atoms with E-state index in [0.29, 0.717) is 60.2 Å². The van der Waals surface area contributed by atoms with Crippen LogP contribution in [0.5, 0.6) is 5.75 Å². The molecule has 3 aliphatic heterocycles. The molecule has 39 heavy (non-hydrogen) atoms. The molecule has 0 unspecified atom stereocenters. The molecule has 5 rings (SSSR count). The van der Waals surface area contributed by atoms with Gasteiger partial charge in [-0.25, -0.2) is 13.2 Å². The normalized spacial score (nSPS) is 18.8. The van der Waals surface area contributed by atoms with Gasteiger partial charge in [-0.1, -0.05) is 12.1 Å². The highest BCUT2D eigenvalue weighted by atomic mass is 32.2. The second-order valence-electron chi connectivity index (χ2n) is 11.2. The minimum absolute atomic E-state index is 0.0185. The standard InChI is InChI=1S/C29H37N3O6S/c1-20-15-24(38-3)16-21(2)27(20)39(36,37)32-11-4-5-23-7-6-22(17-25(23)32)18-26(33)30-12-8-29(9-13-30)10-14-31(19-29)28(34)35/h6-7,15-17H,4-5,8-14,18-19H2,1-3H3,(H,34,35). The molecule has 2 fully saturated rings. The van der Waals surface area contributed by atoms with Crippen LogP contribution in [0.3, 0.4) is 0 Å². The van der Waals surface area contributed by atoms with Gasteiger partial charge in [-0.15, -0.1) is 0 Å². The highest BCUT2D eigenvalue weighted by molar-refractivity contribution is 7.93. The van der Waals surface area contributed by atoms with Crippen LogP contribution in [0.1, 0.15) is 47.9 Å². The van der Waals surface area contributed by atoms with Crippen LogP contribution in [0.15, 0.2) is 35.2 Å². The predicted octanol–water partition coefficient (Wildman–Crippen LogP) is 3.99. The molecular formula is C29H37N3O6S. The Hall–Kier alpha value is -3.27. The average Bonchev–Trinajstić information content (AvgIpc) is 3.31. The van der Waals surface area contributed by atoms with Crippen molar-refractivity contribution in [3.05, 3.63) is 52.6 Å². The van der Waals surface area contributed by atoms with Crippen LogP contribution in [0, 0.1) is 19.3 Å². The molecule has 2 aromatic carbocycles. The quantitative estimate of drug-likeness (QED) is 0.598. The van der Waals surface area contributed by atoms with Gasteiger partial charge >= 0.3 is 6.09 Å². The molecule has 1 spiro atoms. The number of piperidine rings is 1. The number of carbonyl (C=O) groups is 2. The Kier molecular flexibility index (Phi) is 7.26. The first-order valence-electron chi connectivity index (χ1n) is 13.6. The van der Waals surface area contributed by atoms with Gasteiger partial charge in [0, 0.05) is 32.7 Å². The number of anilines is 1. The molecule has 3 aliphatic rings. The summed E-state index contributed by atoms with van der Waals surface area (Å²) in [4.78, 5) is 28.2. The number of benzene rings is 2. The first-order valence-corrected chi connectivity index (χ1v) is 15.0. The first-order chi connectivity index (χ1) is 18.5. The van der Waals surface area contributed by atoms with Crippen molar-refractivity contribution in [2.45, 2.75) is 57.3 Å². The van der Waals surface area contributed by atoms with Gasteiger partial charge in [-0.05, 0) is 91.8 Å². The van der Waals surface area contributed by atoms with Crippen LogP contribution in [0.25, 0.3) is 0 Å². The van der Waals surface area contributed by atoms with E-state index in [-0.39, 0.29) is 17.7 Å². The average molecular weight is 556 g/mol. The van der Waals surface area contributed by atoms with Crippen molar-refractivity contribution < 1.29 is 27.9 Å². The van der Waals surface area contributed by atoms with E-state index < -0.39 is 16.1 Å². The lowest BCUT2D eigenvalue weighted by Crippen LogP contribution is -2.45. The van der Waals surface area contributed by atoms with Crippen LogP contribution in [-0.2, 0) is 27.7 Å². The first kappa shape index (κ1) is 27.3. The Morgan fingerprint density at radius 2 is 1.62 bits per heavy atom. The van der Waals surface area contributed by atoms with Gasteiger partial charge in [0.25, 0.3) is 10.0 Å². The van der Waals surface area contributed by atoms with E-state index in [1.807, 2.05) is 23.1 Å². The van der Waals surface area contributed by atoms with Gasteiger partial charge in [-0.2, -0.15) is 0 Å². The van der Waals surface area contributed by atoms with E-state index >= 15 is 0 Å². The summed E-state index contributed by atoms with van der Waals surface area (Å²) in [6.45, 7) is 6.31. The number of methoxy groups -OCH3 is 1. The third-order valence-electron chi connectivity index (χ3n) is 8.68. The van der Waals surface area contributed by atoms with Crippen molar-refractivity contribution in [1.82, 2.24) is 9.80 Å². The zero-order valence-corrected chi connectivity index (χ0v) is 23.7. The minimum Gasteiger partial charge on any atom is -0.497 e. The molecular weight excluding hydrogens is 518 g/mol. The Morgan fingerprint density at radius 3 is 2.21 bits per heavy atom. The second kappa shape index (κ2) is 10.4. The van der Waals surface area contributed by atoms with E-state index in [1.165, 1.54) is 9.21 Å². The van der Waals surface area contributed by atoms with Crippen molar-refractivity contribution in [3.63, 3.8) is 0 Å². The van der Waals surface area contributed by atoms with Crippen molar-refractivity contribution >= 4 is 27.7 Å². The Morgan fingerprint density at radius 1 is 0.974 bits per heavy atom. The maximum Gasteiger partial charge on any atom is 0.407 e. The van der Waals surface area contributed by atoms with Gasteiger partial charge in [0.15, 0.2) is 0 Å². The lowest BCUT2D eigenvalue weighted by molar-refractivity contribution is -0.132. The molecule has 210 valence electrons. The predicted molar refractivity (Wildman–Crippen MR) is 148 cm³/mol. The molecule has 2 saturated heterocycles. The molecule has 3 heterocycles. The molecule has 2 amide bonds. The maximum atomic E-state index is 13.9. The number of hydrogen-bond donors (Lipinski definition) is 1. The van der Waals surface area contributed by atoms with Gasteiger partial charge in [0.05, 0.1) is 24.1 Å². The number of rotatable bonds is 5. The summed E-state index contributed by atoms with van der Waals surface area (Å²) in [5.74, 6) is 0.643. The summed E-state index contributed by atoms with van der Waals surface area (Å²) >= 11 is 0. The summed E-state index contributed by atoms with van der Waals surface area (Å²) in [5, 5.41) is 9.31. The smallest absolute Gasteiger partial charge is 0.407 e. The Bertz CT molecular complexity index is 1370. The molecule has 0 aromatic heterocycles. The van der Waals surface area contributed by atoms with Crippen LogP contribution in [-0.4, -0.2) is 75.2 Å². The van der Waals surface area contributed by atoms with Crippen molar-refractivity contribution in [3.8, 4) is 5.75 Å². The number of carboxylic acid groups (broad SMARTS) is 1. The van der Waals surface area contributed by atoms with E-state index in [1.54, 1.807) is 33.1 Å². The van der Waals surface area contributed by atoms with Gasteiger partial charge in [-0.3, -0.25) is 9.10 Å². The van der Waals surface area contributed by atoms with Gasteiger partial charge < -0.3 is 19.6 Å². The van der Waals surface area contributed by atoms with Crippen LogP contribution in [0.4, 0.5) is 10.5 Å². The van der Waals surface area contributed by atoms with E-state index in [9.17, 15) is 23.1 Å². The summed E-state index contributed by atoms with van der Waals surface area (Å²) in [5.41, 5.74) is 3.67. The monoisotopic (exact) mass is 555 g/mol. The summed E-state index contributed by atoms with van der Waals surface area (Å²) < 4.78 is 34.7. The molecule has 0 saturated carbocycles. The van der Waals surface area contributed by atoms with Crippen LogP contribution < -0.4 is 9.04 Å². The van der Waals surface area contributed by atoms with Gasteiger partial charge in [0.1, 0.15) is 5.75 Å². The van der Waals surface area contributed by atoms with Crippen molar-refractivity contribution in [2.75, 3.05) is 44.1 Å². The second-order valence-corrected chi connectivity index (χ2v) is 13.0. The topological polar surface area (TPSA) is 107 Å². The molecule has 0 bridgehead atoms. The van der Waals surface area contributed by atoms with Gasteiger partial charge in [0.2, 0.25) is 5.91 Å². The number of aryl methyl sites for hydroxylation is 3. The maximum absolute atomic E-state index is 13.9. The number of fused-ring (bicyclic) bond motifs is 1. The number of amides is 2. The zero-order valence-electron chi connectivity index (χ0n) is 22.9. The largest absolute Gasteiger partial charge is 0.497 e. The molecule has 1 N–H and O–H groups in total. The third kappa shape index (κ3) is 5.18. The lowest BCUT2D eigenvalue weighted by atomic mass is 9.77. The number of hydrogen-bond acceptors (Lipinski definition) is 5. The minimum atomic E-state index is -3.81. The van der Waals surface area contributed by atoms with Crippen LogP contribution in [0.2, 0.25) is 0 Å². The summed E-state index contributed by atoms with van der Waals surface area (Å²) in [6.07, 6.45) is 3.31. The molecule has 0 radical (unpaired) electrons. The molecule has 0 aliphatic carbocycles. The Labute approximate surface area is 230 Å². The van der Waals surface area contributed by atoms with E-state index in [4.69, 9.17) is 4.74 Å². The van der Waals surface area contributed by atoms with Crippen molar-refractivity contribution in [2.24, 2.45) is 5.41 Å². The number of carbonyl (C=O) groups excluding carboxylic acids is 1. The molecule has 10 heteroatoms. The summed E-state index contributed by atoms with van der Waals surface area (Å²) in [7, 11) is -2.25. The summed E-state index contributed by atoms with van der Waals surface area (Å²) in [6, 6.07) is 9.24.